The molecule has 3 rings (SSSR count). The lowest BCUT2D eigenvalue weighted by Gasteiger charge is -2.12. The normalized spacial score (nSPS) is 11.0. The van der Waals surface area contributed by atoms with E-state index in [-0.39, 0.29) is 0 Å². The Bertz CT molecular complexity index is 810. The van der Waals surface area contributed by atoms with E-state index in [9.17, 15) is 4.79 Å². The number of carbonyl (C=O) groups is 1. The number of aromatic nitrogens is 1. The maximum Gasteiger partial charge on any atom is 0.335 e. The smallest absolute Gasteiger partial charge is 0.335 e. The summed E-state index contributed by atoms with van der Waals surface area (Å²) >= 11 is 0. The van der Waals surface area contributed by atoms with Crippen molar-refractivity contribution in [2.45, 2.75) is 20.4 Å². The van der Waals surface area contributed by atoms with E-state index in [1.54, 1.807) is 12.1 Å². The highest BCUT2D eigenvalue weighted by Gasteiger charge is 2.08. The fraction of sp³-hybridized carbons (Fsp3) is 0.167. The molecule has 0 bridgehead atoms. The van der Waals surface area contributed by atoms with E-state index in [2.05, 4.69) is 36.6 Å². The molecule has 0 fully saturated rings. The van der Waals surface area contributed by atoms with Gasteiger partial charge in [-0.1, -0.05) is 18.2 Å². The van der Waals surface area contributed by atoms with Gasteiger partial charge in [-0.25, -0.2) is 4.79 Å². The Kier molecular flexibility index (Phi) is 3.26. The van der Waals surface area contributed by atoms with Crippen molar-refractivity contribution < 1.29 is 9.90 Å². The molecule has 0 aliphatic rings. The van der Waals surface area contributed by atoms with Crippen LogP contribution in [0.15, 0.2) is 48.7 Å². The quantitative estimate of drug-likeness (QED) is 0.787. The van der Waals surface area contributed by atoms with Gasteiger partial charge in [0.25, 0.3) is 0 Å². The van der Waals surface area contributed by atoms with E-state index in [0.29, 0.717) is 5.56 Å². The first-order chi connectivity index (χ1) is 10.1. The molecule has 1 heterocycles. The molecule has 0 saturated carbocycles. The van der Waals surface area contributed by atoms with Crippen LogP contribution < -0.4 is 0 Å². The Morgan fingerprint density at radius 2 is 1.81 bits per heavy atom. The molecule has 0 unspecified atom stereocenters. The molecular formula is C18H17NO2. The second kappa shape index (κ2) is 5.09. The first-order valence-corrected chi connectivity index (χ1v) is 6.93. The lowest BCUT2D eigenvalue weighted by atomic mass is 10.0. The van der Waals surface area contributed by atoms with Crippen molar-refractivity contribution in [3.05, 3.63) is 70.9 Å². The van der Waals surface area contributed by atoms with E-state index >= 15 is 0 Å². The molecule has 1 aromatic heterocycles. The standard InChI is InChI=1S/C18H17NO2/c1-12-4-3-5-13(2)16(12)11-19-9-8-14-10-15(18(20)21)6-7-17(14)19/h3-10H,11H2,1-2H3,(H,20,21). The van der Waals surface area contributed by atoms with Crippen molar-refractivity contribution >= 4 is 16.9 Å². The number of aromatic carboxylic acids is 1. The van der Waals surface area contributed by atoms with Crippen LogP contribution in [0.25, 0.3) is 10.9 Å². The minimum atomic E-state index is -0.889. The Hall–Kier alpha value is -2.55. The minimum absolute atomic E-state index is 0.326. The van der Waals surface area contributed by atoms with Crippen molar-refractivity contribution in [2.75, 3.05) is 0 Å². The maximum absolute atomic E-state index is 11.0. The summed E-state index contributed by atoms with van der Waals surface area (Å²) in [4.78, 5) is 11.0. The van der Waals surface area contributed by atoms with Gasteiger partial charge in [0.1, 0.15) is 0 Å². The molecule has 3 aromatic rings. The van der Waals surface area contributed by atoms with E-state index in [0.717, 1.165) is 17.4 Å². The summed E-state index contributed by atoms with van der Waals surface area (Å²) in [5.41, 5.74) is 5.25. The Morgan fingerprint density at radius 3 is 2.48 bits per heavy atom. The van der Waals surface area contributed by atoms with E-state index in [4.69, 9.17) is 5.11 Å². The molecular weight excluding hydrogens is 262 g/mol. The molecule has 0 radical (unpaired) electrons. The lowest BCUT2D eigenvalue weighted by Crippen LogP contribution is -2.02. The van der Waals surface area contributed by atoms with Gasteiger partial charge >= 0.3 is 5.97 Å². The van der Waals surface area contributed by atoms with E-state index in [1.807, 2.05) is 18.3 Å². The summed E-state index contributed by atoms with van der Waals surface area (Å²) in [7, 11) is 0. The number of benzene rings is 2. The highest BCUT2D eigenvalue weighted by Crippen LogP contribution is 2.21. The number of rotatable bonds is 3. The molecule has 0 aliphatic carbocycles. The van der Waals surface area contributed by atoms with Gasteiger partial charge in [-0.2, -0.15) is 0 Å². The average molecular weight is 279 g/mol. The second-order valence-corrected chi connectivity index (χ2v) is 5.39. The second-order valence-electron chi connectivity index (χ2n) is 5.39. The van der Waals surface area contributed by atoms with Gasteiger partial charge in [0, 0.05) is 23.6 Å². The maximum atomic E-state index is 11.0. The third kappa shape index (κ3) is 2.42. The highest BCUT2D eigenvalue weighted by atomic mass is 16.4. The molecule has 2 aromatic carbocycles. The lowest BCUT2D eigenvalue weighted by molar-refractivity contribution is 0.0697. The molecule has 1 N–H and O–H groups in total. The summed E-state index contributed by atoms with van der Waals surface area (Å²) in [6, 6.07) is 13.5. The van der Waals surface area contributed by atoms with Crippen molar-refractivity contribution in [2.24, 2.45) is 0 Å². The monoisotopic (exact) mass is 279 g/mol. The average Bonchev–Trinajstić information content (AvgIpc) is 2.85. The summed E-state index contributed by atoms with van der Waals surface area (Å²) in [5, 5.41) is 10.0. The molecule has 0 aliphatic heterocycles. The number of nitrogens with zero attached hydrogens (tertiary/aromatic N) is 1. The van der Waals surface area contributed by atoms with Gasteiger partial charge in [0.05, 0.1) is 5.56 Å². The molecule has 3 heteroatoms. The van der Waals surface area contributed by atoms with Gasteiger partial charge < -0.3 is 9.67 Å². The fourth-order valence-corrected chi connectivity index (χ4v) is 2.74. The largest absolute Gasteiger partial charge is 0.478 e. The van der Waals surface area contributed by atoms with Gasteiger partial charge in [-0.05, 0) is 54.8 Å². The molecule has 21 heavy (non-hydrogen) atoms. The Labute approximate surface area is 123 Å². The predicted molar refractivity (Wildman–Crippen MR) is 83.9 cm³/mol. The van der Waals surface area contributed by atoms with Crippen LogP contribution >= 0.6 is 0 Å². The molecule has 3 nitrogen and oxygen atoms in total. The summed E-state index contributed by atoms with van der Waals surface area (Å²) in [5.74, 6) is -0.889. The minimum Gasteiger partial charge on any atom is -0.478 e. The van der Waals surface area contributed by atoms with Crippen LogP contribution in [-0.4, -0.2) is 15.6 Å². The molecule has 0 atom stereocenters. The number of carboxylic acid groups (broad SMARTS) is 1. The highest BCUT2D eigenvalue weighted by molar-refractivity contribution is 5.93. The van der Waals surface area contributed by atoms with Crippen LogP contribution in [0.2, 0.25) is 0 Å². The topological polar surface area (TPSA) is 42.2 Å². The molecule has 0 amide bonds. The van der Waals surface area contributed by atoms with Gasteiger partial charge in [-0.15, -0.1) is 0 Å². The predicted octanol–water partition coefficient (Wildman–Crippen LogP) is 4.00. The number of carboxylic acids is 1. The van der Waals surface area contributed by atoms with Crippen LogP contribution in [0.5, 0.6) is 0 Å². The zero-order valence-corrected chi connectivity index (χ0v) is 12.1. The van der Waals surface area contributed by atoms with Crippen LogP contribution in [0.1, 0.15) is 27.0 Å². The third-order valence-corrected chi connectivity index (χ3v) is 3.99. The van der Waals surface area contributed by atoms with E-state index in [1.165, 1.54) is 16.7 Å². The molecule has 0 spiro atoms. The van der Waals surface area contributed by atoms with Gasteiger partial charge in [0.15, 0.2) is 0 Å². The van der Waals surface area contributed by atoms with Crippen molar-refractivity contribution in [3.8, 4) is 0 Å². The summed E-state index contributed by atoms with van der Waals surface area (Å²) < 4.78 is 2.16. The zero-order valence-electron chi connectivity index (χ0n) is 12.1. The molecule has 0 saturated heterocycles. The summed E-state index contributed by atoms with van der Waals surface area (Å²) in [6.07, 6.45) is 2.02. The number of fused-ring (bicyclic) bond motifs is 1. The SMILES string of the molecule is Cc1cccc(C)c1Cn1ccc2cc(C(=O)O)ccc21. The summed E-state index contributed by atoms with van der Waals surface area (Å²) in [6.45, 7) is 5.04. The van der Waals surface area contributed by atoms with Crippen molar-refractivity contribution in [1.29, 1.82) is 0 Å². The van der Waals surface area contributed by atoms with Crippen LogP contribution in [0.4, 0.5) is 0 Å². The zero-order chi connectivity index (χ0) is 15.0. The van der Waals surface area contributed by atoms with Crippen molar-refractivity contribution in [1.82, 2.24) is 4.57 Å². The van der Waals surface area contributed by atoms with Gasteiger partial charge in [0.2, 0.25) is 0 Å². The molecule has 106 valence electrons. The van der Waals surface area contributed by atoms with Crippen LogP contribution in [0, 0.1) is 13.8 Å². The Morgan fingerprint density at radius 1 is 1.10 bits per heavy atom. The first-order valence-electron chi connectivity index (χ1n) is 6.93. The third-order valence-electron chi connectivity index (χ3n) is 3.99. The Balaban J connectivity index is 2.04. The number of hydrogen-bond acceptors (Lipinski definition) is 1. The van der Waals surface area contributed by atoms with Crippen LogP contribution in [0.3, 0.4) is 0 Å². The van der Waals surface area contributed by atoms with Gasteiger partial charge in [-0.3, -0.25) is 0 Å². The number of aryl methyl sites for hydroxylation is 2. The number of hydrogen-bond donors (Lipinski definition) is 1. The fourth-order valence-electron chi connectivity index (χ4n) is 2.74. The van der Waals surface area contributed by atoms with Crippen molar-refractivity contribution in [3.63, 3.8) is 0 Å². The van der Waals surface area contributed by atoms with Crippen LogP contribution in [-0.2, 0) is 6.54 Å². The van der Waals surface area contributed by atoms with E-state index < -0.39 is 5.97 Å². The first kappa shape index (κ1) is 13.4.